The Labute approximate surface area is 148 Å². The Kier molecular flexibility index (Phi) is 5.34. The maximum absolute atomic E-state index is 5.48. The van der Waals surface area contributed by atoms with Gasteiger partial charge in [-0.15, -0.1) is 0 Å². The fourth-order valence-corrected chi connectivity index (χ4v) is 3.39. The molecule has 1 atom stereocenters. The summed E-state index contributed by atoms with van der Waals surface area (Å²) >= 11 is 0. The van der Waals surface area contributed by atoms with Gasteiger partial charge in [0.15, 0.2) is 23.0 Å². The summed E-state index contributed by atoms with van der Waals surface area (Å²) < 4.78 is 21.7. The van der Waals surface area contributed by atoms with Crippen LogP contribution in [0.1, 0.15) is 22.7 Å². The number of ether oxygens (including phenoxy) is 4. The largest absolute Gasteiger partial charge is 0.493 e. The molecule has 0 saturated heterocycles. The van der Waals surface area contributed by atoms with E-state index < -0.39 is 0 Å². The molecule has 0 aliphatic carbocycles. The predicted octanol–water partition coefficient (Wildman–Crippen LogP) is 3.15. The van der Waals surface area contributed by atoms with Crippen molar-refractivity contribution in [2.24, 2.45) is 0 Å². The molecule has 0 saturated carbocycles. The molecule has 2 aromatic carbocycles. The van der Waals surface area contributed by atoms with Gasteiger partial charge < -0.3 is 24.3 Å². The minimum atomic E-state index is 0.224. The molecule has 25 heavy (non-hydrogen) atoms. The number of methoxy groups -OCH3 is 4. The van der Waals surface area contributed by atoms with Gasteiger partial charge in [-0.05, 0) is 60.3 Å². The van der Waals surface area contributed by atoms with Crippen LogP contribution in [-0.4, -0.2) is 35.0 Å². The zero-order valence-electron chi connectivity index (χ0n) is 15.2. The third kappa shape index (κ3) is 3.51. The van der Waals surface area contributed by atoms with Gasteiger partial charge in [-0.25, -0.2) is 0 Å². The Morgan fingerprint density at radius 2 is 1.48 bits per heavy atom. The van der Waals surface area contributed by atoms with E-state index in [2.05, 4.69) is 23.5 Å². The number of fused-ring (bicyclic) bond motifs is 1. The number of nitrogens with one attached hydrogen (secondary N) is 1. The van der Waals surface area contributed by atoms with Crippen LogP contribution in [0.5, 0.6) is 23.0 Å². The first-order valence-corrected chi connectivity index (χ1v) is 8.39. The summed E-state index contributed by atoms with van der Waals surface area (Å²) in [6, 6.07) is 10.5. The van der Waals surface area contributed by atoms with Gasteiger partial charge in [0.25, 0.3) is 0 Å². The van der Waals surface area contributed by atoms with Crippen molar-refractivity contribution in [3.63, 3.8) is 0 Å². The van der Waals surface area contributed by atoms with Gasteiger partial charge in [-0.2, -0.15) is 0 Å². The summed E-state index contributed by atoms with van der Waals surface area (Å²) in [5.41, 5.74) is 3.76. The van der Waals surface area contributed by atoms with Crippen molar-refractivity contribution in [2.75, 3.05) is 35.0 Å². The van der Waals surface area contributed by atoms with Crippen LogP contribution in [0.2, 0.25) is 0 Å². The lowest BCUT2D eigenvalue weighted by Gasteiger charge is -2.28. The summed E-state index contributed by atoms with van der Waals surface area (Å²) in [4.78, 5) is 0. The van der Waals surface area contributed by atoms with Gasteiger partial charge >= 0.3 is 0 Å². The highest BCUT2D eigenvalue weighted by Crippen LogP contribution is 2.37. The number of hydrogen-bond acceptors (Lipinski definition) is 5. The van der Waals surface area contributed by atoms with Crippen molar-refractivity contribution >= 4 is 0 Å². The van der Waals surface area contributed by atoms with Crippen LogP contribution in [0, 0.1) is 0 Å². The lowest BCUT2D eigenvalue weighted by molar-refractivity contribution is 0.351. The van der Waals surface area contributed by atoms with Crippen LogP contribution in [-0.2, 0) is 12.8 Å². The van der Waals surface area contributed by atoms with Crippen molar-refractivity contribution in [1.82, 2.24) is 5.32 Å². The van der Waals surface area contributed by atoms with Crippen molar-refractivity contribution in [3.05, 3.63) is 47.0 Å². The quantitative estimate of drug-likeness (QED) is 0.873. The van der Waals surface area contributed by atoms with Gasteiger partial charge in [-0.1, -0.05) is 6.07 Å². The van der Waals surface area contributed by atoms with E-state index in [9.17, 15) is 0 Å². The van der Waals surface area contributed by atoms with Gasteiger partial charge in [0.1, 0.15) is 0 Å². The Morgan fingerprint density at radius 1 is 0.840 bits per heavy atom. The van der Waals surface area contributed by atoms with E-state index in [4.69, 9.17) is 18.9 Å². The Hall–Kier alpha value is -2.40. The summed E-state index contributed by atoms with van der Waals surface area (Å²) in [7, 11) is 6.65. The number of rotatable bonds is 6. The molecule has 134 valence electrons. The summed E-state index contributed by atoms with van der Waals surface area (Å²) in [6.07, 6.45) is 1.85. The fraction of sp³-hybridized carbons (Fsp3) is 0.400. The second-order valence-electron chi connectivity index (χ2n) is 6.06. The molecule has 1 heterocycles. The zero-order chi connectivity index (χ0) is 17.8. The van der Waals surface area contributed by atoms with E-state index in [0.29, 0.717) is 0 Å². The van der Waals surface area contributed by atoms with Crippen molar-refractivity contribution in [3.8, 4) is 23.0 Å². The van der Waals surface area contributed by atoms with Crippen LogP contribution in [0.25, 0.3) is 0 Å². The Morgan fingerprint density at radius 3 is 2.16 bits per heavy atom. The van der Waals surface area contributed by atoms with Crippen LogP contribution in [0.3, 0.4) is 0 Å². The maximum Gasteiger partial charge on any atom is 0.161 e. The summed E-state index contributed by atoms with van der Waals surface area (Å²) in [6.45, 7) is 0.945. The first-order chi connectivity index (χ1) is 12.2. The first-order valence-electron chi connectivity index (χ1n) is 8.39. The molecule has 0 amide bonds. The Balaban J connectivity index is 1.90. The summed E-state index contributed by atoms with van der Waals surface area (Å²) in [5, 5.41) is 3.61. The highest BCUT2D eigenvalue weighted by Gasteiger charge is 2.23. The van der Waals surface area contributed by atoms with Gasteiger partial charge in [0.2, 0.25) is 0 Å². The molecule has 5 nitrogen and oxygen atoms in total. The van der Waals surface area contributed by atoms with Crippen molar-refractivity contribution in [1.29, 1.82) is 0 Å². The average molecular weight is 343 g/mol. The second-order valence-corrected chi connectivity index (χ2v) is 6.06. The van der Waals surface area contributed by atoms with Crippen molar-refractivity contribution in [2.45, 2.75) is 18.9 Å². The van der Waals surface area contributed by atoms with Gasteiger partial charge in [-0.3, -0.25) is 0 Å². The summed E-state index contributed by atoms with van der Waals surface area (Å²) in [5.74, 6) is 3.05. The predicted molar refractivity (Wildman–Crippen MR) is 97.2 cm³/mol. The smallest absolute Gasteiger partial charge is 0.161 e. The molecule has 0 unspecified atom stereocenters. The standard InChI is InChI=1S/C20H25NO4/c1-22-17-6-5-13(10-18(17)23-2)9-16-15-12-20(25-4)19(24-3)11-14(15)7-8-21-16/h5-6,10-12,16,21H,7-9H2,1-4H3/t16-/m0/s1. The van der Waals surface area contributed by atoms with Gasteiger partial charge in [0.05, 0.1) is 28.4 Å². The van der Waals surface area contributed by atoms with Gasteiger partial charge in [0, 0.05) is 6.04 Å². The van der Waals surface area contributed by atoms with E-state index in [1.54, 1.807) is 28.4 Å². The minimum absolute atomic E-state index is 0.224. The van der Waals surface area contributed by atoms with Crippen LogP contribution in [0.15, 0.2) is 30.3 Å². The molecule has 3 rings (SSSR count). The lowest BCUT2D eigenvalue weighted by Crippen LogP contribution is -2.31. The van der Waals surface area contributed by atoms with E-state index in [1.165, 1.54) is 16.7 Å². The molecule has 0 aromatic heterocycles. The number of benzene rings is 2. The molecule has 5 heteroatoms. The van der Waals surface area contributed by atoms with E-state index >= 15 is 0 Å². The third-order valence-electron chi connectivity index (χ3n) is 4.69. The normalized spacial score (nSPS) is 16.1. The topological polar surface area (TPSA) is 49.0 Å². The van der Waals surface area contributed by atoms with E-state index in [1.807, 2.05) is 12.1 Å². The first kappa shape index (κ1) is 17.4. The molecule has 0 spiro atoms. The lowest BCUT2D eigenvalue weighted by atomic mass is 9.89. The molecule has 0 bridgehead atoms. The maximum atomic E-state index is 5.48. The monoisotopic (exact) mass is 343 g/mol. The highest BCUT2D eigenvalue weighted by atomic mass is 16.5. The Bertz CT molecular complexity index is 745. The van der Waals surface area contributed by atoms with Crippen LogP contribution in [0.4, 0.5) is 0 Å². The molecule has 1 N–H and O–H groups in total. The molecular weight excluding hydrogens is 318 g/mol. The zero-order valence-corrected chi connectivity index (χ0v) is 15.2. The molecule has 1 aliphatic rings. The highest BCUT2D eigenvalue weighted by molar-refractivity contribution is 5.50. The minimum Gasteiger partial charge on any atom is -0.493 e. The molecule has 2 aromatic rings. The molecular formula is C20H25NO4. The third-order valence-corrected chi connectivity index (χ3v) is 4.69. The fourth-order valence-electron chi connectivity index (χ4n) is 3.39. The van der Waals surface area contributed by atoms with E-state index in [0.717, 1.165) is 42.4 Å². The molecule has 1 aliphatic heterocycles. The van der Waals surface area contributed by atoms with Crippen molar-refractivity contribution < 1.29 is 18.9 Å². The number of hydrogen-bond donors (Lipinski definition) is 1. The molecule has 0 radical (unpaired) electrons. The van der Waals surface area contributed by atoms with Crippen LogP contribution >= 0.6 is 0 Å². The average Bonchev–Trinajstić information content (AvgIpc) is 2.66. The second kappa shape index (κ2) is 7.66. The van der Waals surface area contributed by atoms with Crippen LogP contribution < -0.4 is 24.3 Å². The SMILES string of the molecule is COc1ccc(C[C@@H]2NCCc3cc(OC)c(OC)cc32)cc1OC. The van der Waals surface area contributed by atoms with E-state index in [-0.39, 0.29) is 6.04 Å². The molecule has 0 fully saturated rings.